The van der Waals surface area contributed by atoms with Crippen molar-refractivity contribution in [3.63, 3.8) is 0 Å². The Labute approximate surface area is 287 Å². The van der Waals surface area contributed by atoms with E-state index in [9.17, 15) is 0 Å². The molecule has 2 aromatic heterocycles. The summed E-state index contributed by atoms with van der Waals surface area (Å²) in [5, 5.41) is 2.63. The first kappa shape index (κ1) is 30.8. The van der Waals surface area contributed by atoms with Crippen LogP contribution in [0.4, 0.5) is 0 Å². The zero-order valence-electron chi connectivity index (χ0n) is 29.3. The van der Waals surface area contributed by atoms with Crippen molar-refractivity contribution < 1.29 is 0 Å². The van der Waals surface area contributed by atoms with Crippen LogP contribution in [-0.2, 0) is 10.8 Å². The zero-order valence-corrected chi connectivity index (χ0v) is 31.4. The van der Waals surface area contributed by atoms with E-state index in [1.54, 1.807) is 0 Å². The molecule has 5 aromatic carbocycles. The van der Waals surface area contributed by atoms with Gasteiger partial charge in [0.25, 0.3) is 0 Å². The van der Waals surface area contributed by atoms with E-state index in [1.807, 2.05) is 6.07 Å². The number of fused-ring (bicyclic) bond motifs is 6. The molecule has 1 aliphatic rings. The summed E-state index contributed by atoms with van der Waals surface area (Å²) >= 11 is -2.89. The van der Waals surface area contributed by atoms with E-state index in [0.29, 0.717) is 0 Å². The molecule has 4 heteroatoms. The molecule has 1 aliphatic heterocycles. The summed E-state index contributed by atoms with van der Waals surface area (Å²) in [7, 11) is 0. The van der Waals surface area contributed by atoms with Crippen LogP contribution < -0.4 is 8.79 Å². The Balaban J connectivity index is 1.38. The molecule has 0 radical (unpaired) electrons. The standard InChI is InChI=1S/C44H43GeN3/c1-43(2,3)30-19-23-37-34(25-30)35-26-31(44(4,5)6)20-24-38(35)48(37)32-21-22-33-36(27-32)45(7,8)39-40(28-15-11-9-12-16-28)46-42(47-41(33)39)29-17-13-10-14-18-29/h9-27H,1-8H3. The molecule has 238 valence electrons. The number of hydrogen-bond donors (Lipinski definition) is 0. The van der Waals surface area contributed by atoms with Crippen molar-refractivity contribution in [2.75, 3.05) is 0 Å². The van der Waals surface area contributed by atoms with Crippen LogP contribution in [0.3, 0.4) is 0 Å². The van der Waals surface area contributed by atoms with E-state index >= 15 is 0 Å². The predicted molar refractivity (Wildman–Crippen MR) is 207 cm³/mol. The molecule has 0 saturated carbocycles. The van der Waals surface area contributed by atoms with E-state index in [-0.39, 0.29) is 10.8 Å². The Morgan fingerprint density at radius 3 is 1.60 bits per heavy atom. The van der Waals surface area contributed by atoms with Crippen LogP contribution in [0, 0.1) is 0 Å². The van der Waals surface area contributed by atoms with Crippen molar-refractivity contribution >= 4 is 43.9 Å². The quantitative estimate of drug-likeness (QED) is 0.173. The maximum absolute atomic E-state index is 5.33. The van der Waals surface area contributed by atoms with Gasteiger partial charge in [0.15, 0.2) is 0 Å². The first-order valence-electron chi connectivity index (χ1n) is 17.1. The average Bonchev–Trinajstić information content (AvgIpc) is 3.52. The molecule has 0 fully saturated rings. The molecule has 3 heterocycles. The number of aromatic nitrogens is 3. The molecule has 0 atom stereocenters. The van der Waals surface area contributed by atoms with Crippen molar-refractivity contribution in [3.8, 4) is 39.6 Å². The van der Waals surface area contributed by atoms with Gasteiger partial charge in [-0.15, -0.1) is 0 Å². The molecular weight excluding hydrogens is 643 g/mol. The van der Waals surface area contributed by atoms with Gasteiger partial charge in [-0.3, -0.25) is 0 Å². The van der Waals surface area contributed by atoms with Crippen molar-refractivity contribution in [2.45, 2.75) is 63.9 Å². The van der Waals surface area contributed by atoms with Gasteiger partial charge in [-0.25, -0.2) is 0 Å². The Bertz CT molecular complexity index is 2300. The minimum atomic E-state index is -2.89. The summed E-state index contributed by atoms with van der Waals surface area (Å²) in [5.74, 6) is 5.82. The van der Waals surface area contributed by atoms with Gasteiger partial charge >= 0.3 is 288 Å². The van der Waals surface area contributed by atoms with Crippen LogP contribution in [0.25, 0.3) is 61.4 Å². The SMILES string of the molecule is CC(C)(C)c1ccc2c(c1)c1cc(C(C)(C)C)ccc1n2-c1ccc2[c](c1)[Ge]([CH3])([CH3])[c]1c(-c3ccccc3)nc(-c3ccccc3)nc1-2. The van der Waals surface area contributed by atoms with E-state index in [0.717, 1.165) is 28.3 Å². The minimum absolute atomic E-state index is 0.0667. The van der Waals surface area contributed by atoms with Gasteiger partial charge in [0, 0.05) is 0 Å². The van der Waals surface area contributed by atoms with E-state index in [4.69, 9.17) is 9.97 Å². The molecule has 0 aliphatic carbocycles. The third kappa shape index (κ3) is 4.85. The Kier molecular flexibility index (Phi) is 6.92. The van der Waals surface area contributed by atoms with Crippen molar-refractivity contribution in [2.24, 2.45) is 0 Å². The van der Waals surface area contributed by atoms with Crippen LogP contribution in [0.2, 0.25) is 11.5 Å². The van der Waals surface area contributed by atoms with Crippen molar-refractivity contribution in [3.05, 3.63) is 126 Å². The first-order chi connectivity index (χ1) is 22.8. The molecule has 0 N–H and O–H groups in total. The Morgan fingerprint density at radius 2 is 1.06 bits per heavy atom. The normalized spacial score (nSPS) is 14.0. The molecule has 48 heavy (non-hydrogen) atoms. The van der Waals surface area contributed by atoms with Gasteiger partial charge in [0.2, 0.25) is 0 Å². The second kappa shape index (κ2) is 10.8. The Hall–Kier alpha value is -4.48. The predicted octanol–water partition coefficient (Wildman–Crippen LogP) is 10.3. The average molecular weight is 686 g/mol. The van der Waals surface area contributed by atoms with Crippen LogP contribution in [0.5, 0.6) is 0 Å². The molecule has 0 saturated heterocycles. The van der Waals surface area contributed by atoms with Gasteiger partial charge < -0.3 is 0 Å². The van der Waals surface area contributed by atoms with Gasteiger partial charge in [-0.2, -0.15) is 0 Å². The number of hydrogen-bond acceptors (Lipinski definition) is 2. The fourth-order valence-corrected chi connectivity index (χ4v) is 14.3. The van der Waals surface area contributed by atoms with Gasteiger partial charge in [0.05, 0.1) is 0 Å². The molecular formula is C44H43GeN3. The summed E-state index contributed by atoms with van der Waals surface area (Å²) in [6.07, 6.45) is 0. The van der Waals surface area contributed by atoms with Crippen LogP contribution >= 0.6 is 0 Å². The van der Waals surface area contributed by atoms with Crippen molar-refractivity contribution in [1.82, 2.24) is 14.5 Å². The monoisotopic (exact) mass is 687 g/mol. The first-order valence-corrected chi connectivity index (χ1v) is 23.4. The Morgan fingerprint density at radius 1 is 0.542 bits per heavy atom. The summed E-state index contributed by atoms with van der Waals surface area (Å²) in [6.45, 7) is 13.8. The maximum atomic E-state index is 5.33. The molecule has 8 rings (SSSR count). The number of rotatable bonds is 3. The summed E-state index contributed by atoms with van der Waals surface area (Å²) in [4.78, 5) is 10.6. The molecule has 3 nitrogen and oxygen atoms in total. The number of nitrogens with zero attached hydrogens (tertiary/aromatic N) is 3. The van der Waals surface area contributed by atoms with Gasteiger partial charge in [-0.05, 0) is 0 Å². The topological polar surface area (TPSA) is 30.7 Å². The van der Waals surface area contributed by atoms with Crippen LogP contribution in [0.1, 0.15) is 52.7 Å². The number of benzene rings is 5. The molecule has 0 spiro atoms. The molecule has 0 bridgehead atoms. The summed E-state index contributed by atoms with van der Waals surface area (Å²) in [5.41, 5.74) is 12.2. The fourth-order valence-electron chi connectivity index (χ4n) is 7.53. The van der Waals surface area contributed by atoms with Crippen LogP contribution in [0.15, 0.2) is 115 Å². The fraction of sp³-hybridized carbons (Fsp3) is 0.227. The zero-order chi connectivity index (χ0) is 33.6. The third-order valence-corrected chi connectivity index (χ3v) is 17.6. The van der Waals surface area contributed by atoms with E-state index in [1.165, 1.54) is 53.0 Å². The molecule has 0 amide bonds. The van der Waals surface area contributed by atoms with E-state index < -0.39 is 13.3 Å². The van der Waals surface area contributed by atoms with E-state index in [2.05, 4.69) is 167 Å². The van der Waals surface area contributed by atoms with Crippen LogP contribution in [-0.4, -0.2) is 27.8 Å². The summed E-state index contributed by atoms with van der Waals surface area (Å²) < 4.78 is 5.33. The molecule has 7 aromatic rings. The second-order valence-electron chi connectivity index (χ2n) is 16.0. The van der Waals surface area contributed by atoms with Gasteiger partial charge in [-0.1, -0.05) is 0 Å². The third-order valence-electron chi connectivity index (χ3n) is 10.3. The van der Waals surface area contributed by atoms with Gasteiger partial charge in [0.1, 0.15) is 0 Å². The van der Waals surface area contributed by atoms with Crippen molar-refractivity contribution in [1.29, 1.82) is 0 Å². The molecule has 0 unspecified atom stereocenters. The second-order valence-corrected chi connectivity index (χ2v) is 25.0. The summed E-state index contributed by atoms with van der Waals surface area (Å²) in [6, 6.07) is 42.4.